The summed E-state index contributed by atoms with van der Waals surface area (Å²) < 4.78 is 0. The van der Waals surface area contributed by atoms with E-state index in [-0.39, 0.29) is 6.04 Å². The molecule has 1 aliphatic carbocycles. The van der Waals surface area contributed by atoms with Gasteiger partial charge in [-0.1, -0.05) is 37.1 Å². The molecule has 1 aromatic heterocycles. The number of halogens is 3. The van der Waals surface area contributed by atoms with Crippen LogP contribution in [0.3, 0.4) is 0 Å². The molecule has 2 unspecified atom stereocenters. The van der Waals surface area contributed by atoms with Crippen LogP contribution in [0.4, 0.5) is 5.82 Å². The van der Waals surface area contributed by atoms with Crippen LogP contribution in [0.1, 0.15) is 25.7 Å². The molecular weight excluding hydrogens is 483 g/mol. The molecule has 0 bridgehead atoms. The van der Waals surface area contributed by atoms with Gasteiger partial charge in [0.25, 0.3) is 0 Å². The zero-order valence-electron chi connectivity index (χ0n) is 13.7. The fourth-order valence-corrected chi connectivity index (χ4v) is 2.67. The van der Waals surface area contributed by atoms with Crippen molar-refractivity contribution in [1.82, 2.24) is 4.98 Å². The molecule has 0 saturated heterocycles. The summed E-state index contributed by atoms with van der Waals surface area (Å²) in [6, 6.07) is 6.41. The average molecular weight is 504 g/mol. The van der Waals surface area contributed by atoms with Gasteiger partial charge in [-0.3, -0.25) is 5.11 Å². The molecule has 1 fully saturated rings. The second kappa shape index (κ2) is 12.0. The second-order valence-corrected chi connectivity index (χ2v) is 20.3. The SMILES string of the molecule is C1=CC[N-]C(N=NC2CCCCC2Nc2ccccn2)=C1.[Cl][In]([Cl])[Cl]. The van der Waals surface area contributed by atoms with Gasteiger partial charge in [-0.25, -0.2) is 4.98 Å². The molecule has 2 aliphatic rings. The third kappa shape index (κ3) is 8.67. The normalized spacial score (nSPS) is 22.4. The Balaban J connectivity index is 0.000000511. The predicted octanol–water partition coefficient (Wildman–Crippen LogP) is 5.73. The molecule has 2 atom stereocenters. The van der Waals surface area contributed by atoms with Crippen LogP contribution in [0.15, 0.2) is 58.7 Å². The molecule has 134 valence electrons. The van der Waals surface area contributed by atoms with Gasteiger partial charge in [0.15, 0.2) is 0 Å². The van der Waals surface area contributed by atoms with Gasteiger partial charge in [-0.15, -0.1) is 0 Å². The van der Waals surface area contributed by atoms with Gasteiger partial charge < -0.3 is 15.7 Å². The Hall–Kier alpha value is -0.430. The quantitative estimate of drug-likeness (QED) is 0.534. The van der Waals surface area contributed by atoms with Gasteiger partial charge in [-0.05, 0) is 37.3 Å². The van der Waals surface area contributed by atoms with E-state index in [1.807, 2.05) is 36.4 Å². The fourth-order valence-electron chi connectivity index (χ4n) is 2.67. The summed E-state index contributed by atoms with van der Waals surface area (Å²) in [5, 5.41) is 16.6. The molecular formula is C16H20Cl3InN5-. The fraction of sp³-hybridized carbons (Fsp3) is 0.438. The summed E-state index contributed by atoms with van der Waals surface area (Å²) in [7, 11) is 15.0. The summed E-state index contributed by atoms with van der Waals surface area (Å²) in [6.45, 7) is 0.700. The van der Waals surface area contributed by atoms with Crippen LogP contribution in [0, 0.1) is 0 Å². The van der Waals surface area contributed by atoms with E-state index < -0.39 is 17.9 Å². The summed E-state index contributed by atoms with van der Waals surface area (Å²) >= 11 is -2.22. The van der Waals surface area contributed by atoms with Crippen LogP contribution in [-0.2, 0) is 0 Å². The van der Waals surface area contributed by atoms with Crippen LogP contribution in [0.25, 0.3) is 5.32 Å². The molecule has 9 heteroatoms. The van der Waals surface area contributed by atoms with E-state index in [1.54, 1.807) is 6.20 Å². The van der Waals surface area contributed by atoms with Crippen molar-refractivity contribution in [3.05, 3.63) is 53.8 Å². The van der Waals surface area contributed by atoms with Crippen molar-refractivity contribution in [3.63, 3.8) is 0 Å². The Kier molecular flexibility index (Phi) is 10.1. The number of nitrogens with one attached hydrogen (secondary N) is 1. The van der Waals surface area contributed by atoms with Gasteiger partial charge in [0.2, 0.25) is 0 Å². The van der Waals surface area contributed by atoms with Crippen molar-refractivity contribution < 1.29 is 0 Å². The van der Waals surface area contributed by atoms with Crippen LogP contribution < -0.4 is 5.32 Å². The number of rotatable bonds is 4. The molecule has 25 heavy (non-hydrogen) atoms. The molecule has 0 spiro atoms. The van der Waals surface area contributed by atoms with Crippen molar-refractivity contribution in [2.75, 3.05) is 11.9 Å². The van der Waals surface area contributed by atoms with E-state index >= 15 is 0 Å². The molecule has 1 N–H and O–H groups in total. The number of pyridine rings is 1. The molecule has 0 aromatic carbocycles. The Bertz CT molecular complexity index is 592. The van der Waals surface area contributed by atoms with Crippen LogP contribution >= 0.6 is 25.7 Å². The summed E-state index contributed by atoms with van der Waals surface area (Å²) in [4.78, 5) is 4.33. The zero-order chi connectivity index (χ0) is 17.9. The molecule has 1 saturated carbocycles. The second-order valence-electron chi connectivity index (χ2n) is 5.57. The zero-order valence-corrected chi connectivity index (χ0v) is 19.3. The maximum atomic E-state index is 5.02. The average Bonchev–Trinajstić information content (AvgIpc) is 2.62. The number of aromatic nitrogens is 1. The summed E-state index contributed by atoms with van der Waals surface area (Å²) in [6.07, 6.45) is 12.3. The van der Waals surface area contributed by atoms with E-state index in [2.05, 4.69) is 25.8 Å². The number of hydrogen-bond donors (Lipinski definition) is 1. The van der Waals surface area contributed by atoms with Gasteiger partial charge in [0.1, 0.15) is 5.82 Å². The first-order valence-corrected chi connectivity index (χ1v) is 20.7. The Labute approximate surface area is 167 Å². The van der Waals surface area contributed by atoms with E-state index in [0.29, 0.717) is 12.6 Å². The standard InChI is InChI=1S/C16H20N5.3ClH.In/c1-2-8-14(20-21-16-10-4-6-12-18-16)13(7-1)19-15-9-3-5-11-17-15;;;;/h3-6,9-11,13-14H,1-2,7-8,12H2,(H,17,19);3*1H;/q-1;;;;+3/p-3. The summed E-state index contributed by atoms with van der Waals surface area (Å²) in [5.74, 6) is 1.63. The van der Waals surface area contributed by atoms with E-state index in [9.17, 15) is 0 Å². The van der Waals surface area contributed by atoms with Crippen LogP contribution in [0.5, 0.6) is 0 Å². The van der Waals surface area contributed by atoms with E-state index in [4.69, 9.17) is 25.7 Å². The molecule has 5 nitrogen and oxygen atoms in total. The third-order valence-corrected chi connectivity index (χ3v) is 3.78. The summed E-state index contributed by atoms with van der Waals surface area (Å²) in [5.41, 5.74) is 0. The number of nitrogens with zero attached hydrogens (tertiary/aromatic N) is 4. The minimum atomic E-state index is -2.22. The predicted molar refractivity (Wildman–Crippen MR) is 108 cm³/mol. The molecule has 1 aromatic rings. The van der Waals surface area contributed by atoms with Crippen molar-refractivity contribution in [2.24, 2.45) is 10.2 Å². The van der Waals surface area contributed by atoms with E-state index in [0.717, 1.165) is 24.5 Å². The Morgan fingerprint density at radius 3 is 2.68 bits per heavy atom. The van der Waals surface area contributed by atoms with Crippen LogP contribution in [-0.4, -0.2) is 41.5 Å². The first-order chi connectivity index (χ1) is 12.1. The number of azo groups is 1. The van der Waals surface area contributed by atoms with Gasteiger partial charge in [0, 0.05) is 12.2 Å². The first-order valence-electron chi connectivity index (χ1n) is 8.20. The Morgan fingerprint density at radius 2 is 2.00 bits per heavy atom. The third-order valence-electron chi connectivity index (χ3n) is 3.78. The van der Waals surface area contributed by atoms with Crippen molar-refractivity contribution in [3.8, 4) is 0 Å². The Morgan fingerprint density at radius 1 is 1.20 bits per heavy atom. The van der Waals surface area contributed by atoms with E-state index in [1.165, 1.54) is 12.8 Å². The molecule has 3 rings (SSSR count). The number of allylic oxidation sites excluding steroid dienone is 2. The van der Waals surface area contributed by atoms with Gasteiger partial charge in [-0.2, -0.15) is 0 Å². The molecule has 0 amide bonds. The minimum absolute atomic E-state index is 0.197. The van der Waals surface area contributed by atoms with Crippen molar-refractivity contribution >= 4 is 49.4 Å². The molecule has 1 aliphatic heterocycles. The van der Waals surface area contributed by atoms with Crippen molar-refractivity contribution in [1.29, 1.82) is 0 Å². The monoisotopic (exact) mass is 502 g/mol. The molecule has 2 heterocycles. The van der Waals surface area contributed by atoms with Crippen LogP contribution in [0.2, 0.25) is 0 Å². The van der Waals surface area contributed by atoms with Crippen molar-refractivity contribution in [2.45, 2.75) is 37.8 Å². The first kappa shape index (κ1) is 20.9. The van der Waals surface area contributed by atoms with Gasteiger partial charge >= 0.3 is 43.6 Å². The number of anilines is 1. The number of hydrogen-bond acceptors (Lipinski definition) is 4. The molecule has 0 radical (unpaired) electrons. The maximum absolute atomic E-state index is 5.02. The topological polar surface area (TPSA) is 63.7 Å². The van der Waals surface area contributed by atoms with Gasteiger partial charge in [0.05, 0.1) is 6.04 Å².